The summed E-state index contributed by atoms with van der Waals surface area (Å²) in [6, 6.07) is 11.2. The number of hydrogen-bond acceptors (Lipinski definition) is 3. The van der Waals surface area contributed by atoms with Crippen molar-refractivity contribution in [1.82, 2.24) is 0 Å². The van der Waals surface area contributed by atoms with Gasteiger partial charge in [0.05, 0.1) is 9.77 Å². The Bertz CT molecular complexity index is 478. The Morgan fingerprint density at radius 3 is 2.75 bits per heavy atom. The maximum atomic E-state index is 11.0. The second kappa shape index (κ2) is 5.18. The highest BCUT2D eigenvalue weighted by Crippen LogP contribution is 2.28. The zero-order chi connectivity index (χ0) is 11.4. The first-order valence-corrected chi connectivity index (χ1v) is 6.61. The summed E-state index contributed by atoms with van der Waals surface area (Å²) in [7, 11) is 0. The molecule has 1 N–H and O–H groups in total. The van der Waals surface area contributed by atoms with Crippen LogP contribution in [0.3, 0.4) is 0 Å². The molecule has 1 aromatic heterocycles. The molecule has 0 spiro atoms. The van der Waals surface area contributed by atoms with Crippen LogP contribution in [0, 0.1) is 0 Å². The van der Waals surface area contributed by atoms with Crippen molar-refractivity contribution in [3.05, 3.63) is 52.9 Å². The standard InChI is InChI=1S/C12H10O2S2/c13-12(14)10-5-2-1-4-9(10)8-16-11-6-3-7-15-11/h1-7H,8H2,(H,13,14). The third kappa shape index (κ3) is 2.65. The molecule has 1 aromatic carbocycles. The average molecular weight is 250 g/mol. The molecule has 0 aliphatic rings. The van der Waals surface area contributed by atoms with Crippen LogP contribution in [0.25, 0.3) is 0 Å². The first-order valence-electron chi connectivity index (χ1n) is 4.75. The molecular formula is C12H10O2S2. The van der Waals surface area contributed by atoms with Crippen molar-refractivity contribution in [3.63, 3.8) is 0 Å². The van der Waals surface area contributed by atoms with E-state index < -0.39 is 5.97 Å². The molecule has 0 radical (unpaired) electrons. The van der Waals surface area contributed by atoms with Crippen LogP contribution in [0.2, 0.25) is 0 Å². The Kier molecular flexibility index (Phi) is 3.64. The lowest BCUT2D eigenvalue weighted by atomic mass is 10.1. The first kappa shape index (κ1) is 11.2. The van der Waals surface area contributed by atoms with Crippen molar-refractivity contribution in [2.45, 2.75) is 9.96 Å². The summed E-state index contributed by atoms with van der Waals surface area (Å²) < 4.78 is 1.21. The van der Waals surface area contributed by atoms with Gasteiger partial charge in [-0.2, -0.15) is 0 Å². The van der Waals surface area contributed by atoms with Gasteiger partial charge in [0.15, 0.2) is 0 Å². The summed E-state index contributed by atoms with van der Waals surface area (Å²) in [5.41, 5.74) is 1.26. The average Bonchev–Trinajstić information content (AvgIpc) is 2.79. The number of carboxylic acids is 1. The minimum atomic E-state index is -0.859. The topological polar surface area (TPSA) is 37.3 Å². The highest BCUT2D eigenvalue weighted by atomic mass is 32.2. The molecule has 0 unspecified atom stereocenters. The number of carboxylic acid groups (broad SMARTS) is 1. The van der Waals surface area contributed by atoms with E-state index in [9.17, 15) is 4.79 Å². The fourth-order valence-corrected chi connectivity index (χ4v) is 3.14. The third-order valence-corrected chi connectivity index (χ3v) is 4.29. The van der Waals surface area contributed by atoms with E-state index in [1.807, 2.05) is 29.6 Å². The van der Waals surface area contributed by atoms with E-state index in [2.05, 4.69) is 0 Å². The molecule has 1 heterocycles. The number of carbonyl (C=O) groups is 1. The summed E-state index contributed by atoms with van der Waals surface area (Å²) in [6.45, 7) is 0. The second-order valence-electron chi connectivity index (χ2n) is 3.18. The minimum Gasteiger partial charge on any atom is -0.478 e. The Morgan fingerprint density at radius 1 is 1.25 bits per heavy atom. The summed E-state index contributed by atoms with van der Waals surface area (Å²) in [5, 5.41) is 11.0. The Hall–Kier alpha value is -1.26. The fourth-order valence-electron chi connectivity index (χ4n) is 1.35. The van der Waals surface area contributed by atoms with Crippen LogP contribution in [0.15, 0.2) is 46.0 Å². The molecule has 2 rings (SSSR count). The predicted octanol–water partition coefficient (Wildman–Crippen LogP) is 3.74. The zero-order valence-electron chi connectivity index (χ0n) is 8.42. The number of benzene rings is 1. The minimum absolute atomic E-state index is 0.395. The van der Waals surface area contributed by atoms with Crippen LogP contribution in [0.1, 0.15) is 15.9 Å². The van der Waals surface area contributed by atoms with Gasteiger partial charge >= 0.3 is 5.97 Å². The van der Waals surface area contributed by atoms with E-state index >= 15 is 0 Å². The molecule has 0 bridgehead atoms. The first-order chi connectivity index (χ1) is 7.77. The van der Waals surface area contributed by atoms with Gasteiger partial charge in [-0.1, -0.05) is 24.3 Å². The number of hydrogen-bond donors (Lipinski definition) is 1. The third-order valence-electron chi connectivity index (χ3n) is 2.11. The van der Waals surface area contributed by atoms with Gasteiger partial charge in [-0.05, 0) is 23.1 Å². The molecule has 82 valence electrons. The molecule has 0 saturated carbocycles. The fraction of sp³-hybridized carbons (Fsp3) is 0.0833. The van der Waals surface area contributed by atoms with Gasteiger partial charge in [-0.25, -0.2) is 4.79 Å². The van der Waals surface area contributed by atoms with Gasteiger partial charge in [0.1, 0.15) is 0 Å². The van der Waals surface area contributed by atoms with Crippen LogP contribution in [-0.4, -0.2) is 11.1 Å². The Labute approximate surface area is 102 Å². The van der Waals surface area contributed by atoms with Crippen LogP contribution in [0.5, 0.6) is 0 Å². The number of thioether (sulfide) groups is 1. The number of aromatic carboxylic acids is 1. The van der Waals surface area contributed by atoms with Gasteiger partial charge in [-0.15, -0.1) is 23.1 Å². The molecule has 4 heteroatoms. The highest BCUT2D eigenvalue weighted by molar-refractivity contribution is 8.00. The lowest BCUT2D eigenvalue weighted by Gasteiger charge is -2.04. The van der Waals surface area contributed by atoms with Gasteiger partial charge in [-0.3, -0.25) is 0 Å². The summed E-state index contributed by atoms with van der Waals surface area (Å²) in [4.78, 5) is 11.0. The monoisotopic (exact) mass is 250 g/mol. The highest BCUT2D eigenvalue weighted by Gasteiger charge is 2.08. The van der Waals surface area contributed by atoms with Crippen molar-refractivity contribution < 1.29 is 9.90 Å². The van der Waals surface area contributed by atoms with Crippen LogP contribution < -0.4 is 0 Å². The van der Waals surface area contributed by atoms with Crippen molar-refractivity contribution in [3.8, 4) is 0 Å². The van der Waals surface area contributed by atoms with Crippen molar-refractivity contribution in [2.24, 2.45) is 0 Å². The maximum absolute atomic E-state index is 11.0. The molecule has 0 atom stereocenters. The molecule has 2 aromatic rings. The van der Waals surface area contributed by atoms with Crippen molar-refractivity contribution >= 4 is 29.1 Å². The second-order valence-corrected chi connectivity index (χ2v) is 5.41. The Morgan fingerprint density at radius 2 is 2.06 bits per heavy atom. The lowest BCUT2D eigenvalue weighted by molar-refractivity contribution is 0.0696. The van der Waals surface area contributed by atoms with Crippen LogP contribution in [0.4, 0.5) is 0 Å². The number of rotatable bonds is 4. The van der Waals surface area contributed by atoms with E-state index in [-0.39, 0.29) is 0 Å². The van der Waals surface area contributed by atoms with Crippen molar-refractivity contribution in [1.29, 1.82) is 0 Å². The van der Waals surface area contributed by atoms with E-state index in [1.165, 1.54) is 4.21 Å². The van der Waals surface area contributed by atoms with E-state index in [1.54, 1.807) is 35.2 Å². The Balaban J connectivity index is 2.12. The maximum Gasteiger partial charge on any atom is 0.335 e. The molecule has 0 amide bonds. The van der Waals surface area contributed by atoms with E-state index in [0.29, 0.717) is 11.3 Å². The summed E-state index contributed by atoms with van der Waals surface area (Å²) >= 11 is 3.34. The number of thiophene rings is 1. The zero-order valence-corrected chi connectivity index (χ0v) is 10.1. The molecule has 2 nitrogen and oxygen atoms in total. The molecule has 16 heavy (non-hydrogen) atoms. The largest absolute Gasteiger partial charge is 0.478 e. The van der Waals surface area contributed by atoms with E-state index in [4.69, 9.17) is 5.11 Å². The summed E-state index contributed by atoms with van der Waals surface area (Å²) in [6.07, 6.45) is 0. The van der Waals surface area contributed by atoms with Gasteiger partial charge < -0.3 is 5.11 Å². The predicted molar refractivity (Wildman–Crippen MR) is 67.3 cm³/mol. The molecular weight excluding hydrogens is 240 g/mol. The quantitative estimate of drug-likeness (QED) is 0.840. The molecule has 0 aliphatic carbocycles. The van der Waals surface area contributed by atoms with Gasteiger partial charge in [0.2, 0.25) is 0 Å². The molecule has 0 aliphatic heterocycles. The SMILES string of the molecule is O=C(O)c1ccccc1CSc1cccs1. The van der Waals surface area contributed by atoms with E-state index in [0.717, 1.165) is 5.56 Å². The van der Waals surface area contributed by atoms with Gasteiger partial charge in [0.25, 0.3) is 0 Å². The normalized spacial score (nSPS) is 10.2. The van der Waals surface area contributed by atoms with Gasteiger partial charge in [0, 0.05) is 5.75 Å². The van der Waals surface area contributed by atoms with Crippen molar-refractivity contribution in [2.75, 3.05) is 0 Å². The molecule has 0 fully saturated rings. The smallest absolute Gasteiger partial charge is 0.335 e. The van der Waals surface area contributed by atoms with Crippen LogP contribution >= 0.6 is 23.1 Å². The van der Waals surface area contributed by atoms with Crippen LogP contribution in [-0.2, 0) is 5.75 Å². The molecule has 0 saturated heterocycles. The lowest BCUT2D eigenvalue weighted by Crippen LogP contribution is -2.00. The summed E-state index contributed by atoms with van der Waals surface area (Å²) in [5.74, 6) is -0.162.